The van der Waals surface area contributed by atoms with Crippen LogP contribution in [0, 0.1) is 5.92 Å². The summed E-state index contributed by atoms with van der Waals surface area (Å²) < 4.78 is 0. The summed E-state index contributed by atoms with van der Waals surface area (Å²) in [6.45, 7) is 0.979. The SMILES string of the molecule is NCCCCC(NC(=O)Nc1ccc(-c2ccccc2)cc1)C(=O)Nc1ccc(CNC(=O)C2CCCCC2)cc1. The van der Waals surface area contributed by atoms with Crippen molar-refractivity contribution in [2.24, 2.45) is 11.7 Å². The molecule has 0 aliphatic heterocycles. The number of amides is 4. The maximum absolute atomic E-state index is 13.1. The summed E-state index contributed by atoms with van der Waals surface area (Å²) in [5.41, 5.74) is 10.0. The Morgan fingerprint density at radius 3 is 2.07 bits per heavy atom. The van der Waals surface area contributed by atoms with Crippen LogP contribution in [0.25, 0.3) is 11.1 Å². The monoisotopic (exact) mass is 555 g/mol. The Labute approximate surface area is 242 Å². The van der Waals surface area contributed by atoms with Gasteiger partial charge in [-0.3, -0.25) is 9.59 Å². The van der Waals surface area contributed by atoms with E-state index in [9.17, 15) is 14.4 Å². The normalized spacial score (nSPS) is 14.1. The number of carbonyl (C=O) groups is 3. The van der Waals surface area contributed by atoms with Crippen LogP contribution in [0.15, 0.2) is 78.9 Å². The lowest BCUT2D eigenvalue weighted by Crippen LogP contribution is -2.45. The highest BCUT2D eigenvalue weighted by atomic mass is 16.2. The molecule has 0 bridgehead atoms. The predicted octanol–water partition coefficient (Wildman–Crippen LogP) is 5.81. The minimum absolute atomic E-state index is 0.122. The minimum atomic E-state index is -0.723. The van der Waals surface area contributed by atoms with Crippen molar-refractivity contribution < 1.29 is 14.4 Å². The Hall–Kier alpha value is -4.17. The van der Waals surface area contributed by atoms with Crippen LogP contribution >= 0.6 is 0 Å². The van der Waals surface area contributed by atoms with Crippen molar-refractivity contribution in [3.05, 3.63) is 84.4 Å². The smallest absolute Gasteiger partial charge is 0.319 e. The van der Waals surface area contributed by atoms with E-state index in [0.29, 0.717) is 37.3 Å². The van der Waals surface area contributed by atoms with E-state index in [-0.39, 0.29) is 17.7 Å². The number of anilines is 2. The molecule has 8 nitrogen and oxygen atoms in total. The lowest BCUT2D eigenvalue weighted by atomic mass is 9.88. The summed E-state index contributed by atoms with van der Waals surface area (Å²) in [5, 5.41) is 11.6. The highest BCUT2D eigenvalue weighted by Gasteiger charge is 2.22. The third kappa shape index (κ3) is 9.46. The van der Waals surface area contributed by atoms with Crippen LogP contribution in [0.5, 0.6) is 0 Å². The van der Waals surface area contributed by atoms with E-state index in [0.717, 1.165) is 48.8 Å². The van der Waals surface area contributed by atoms with Crippen molar-refractivity contribution in [3.63, 3.8) is 0 Å². The fourth-order valence-corrected chi connectivity index (χ4v) is 5.10. The summed E-state index contributed by atoms with van der Waals surface area (Å²) in [6, 6.07) is 23.8. The zero-order valence-electron chi connectivity index (χ0n) is 23.5. The average molecular weight is 556 g/mol. The first kappa shape index (κ1) is 29.8. The Kier molecular flexibility index (Phi) is 11.3. The van der Waals surface area contributed by atoms with Crippen molar-refractivity contribution in [2.75, 3.05) is 17.2 Å². The second kappa shape index (κ2) is 15.6. The molecule has 1 saturated carbocycles. The topological polar surface area (TPSA) is 125 Å². The van der Waals surface area contributed by atoms with Gasteiger partial charge in [0, 0.05) is 23.8 Å². The molecular weight excluding hydrogens is 514 g/mol. The molecule has 1 aliphatic rings. The first-order valence-corrected chi connectivity index (χ1v) is 14.6. The van der Waals surface area contributed by atoms with E-state index in [2.05, 4.69) is 21.3 Å². The number of nitrogens with two attached hydrogens (primary N) is 1. The van der Waals surface area contributed by atoms with Gasteiger partial charge in [0.2, 0.25) is 11.8 Å². The van der Waals surface area contributed by atoms with Gasteiger partial charge in [-0.25, -0.2) is 4.79 Å². The first-order valence-electron chi connectivity index (χ1n) is 14.6. The molecule has 1 fully saturated rings. The van der Waals surface area contributed by atoms with Gasteiger partial charge < -0.3 is 27.0 Å². The van der Waals surface area contributed by atoms with E-state index in [1.54, 1.807) is 0 Å². The first-order chi connectivity index (χ1) is 20.0. The van der Waals surface area contributed by atoms with Gasteiger partial charge in [-0.05, 0) is 79.6 Å². The number of hydrogen-bond donors (Lipinski definition) is 5. The highest BCUT2D eigenvalue weighted by Crippen LogP contribution is 2.24. The second-order valence-corrected chi connectivity index (χ2v) is 10.6. The molecule has 0 spiro atoms. The fourth-order valence-electron chi connectivity index (χ4n) is 5.10. The lowest BCUT2D eigenvalue weighted by molar-refractivity contribution is -0.126. The van der Waals surface area contributed by atoms with Gasteiger partial charge in [-0.2, -0.15) is 0 Å². The second-order valence-electron chi connectivity index (χ2n) is 10.6. The number of carbonyl (C=O) groups excluding carboxylic acids is 3. The molecule has 6 N–H and O–H groups in total. The number of benzene rings is 3. The molecule has 3 aromatic carbocycles. The van der Waals surface area contributed by atoms with Gasteiger partial charge in [-0.15, -0.1) is 0 Å². The van der Waals surface area contributed by atoms with Crippen LogP contribution in [0.4, 0.5) is 16.2 Å². The van der Waals surface area contributed by atoms with E-state index in [1.807, 2.05) is 78.9 Å². The van der Waals surface area contributed by atoms with Crippen LogP contribution in [0.2, 0.25) is 0 Å². The summed E-state index contributed by atoms with van der Waals surface area (Å²) in [6.07, 6.45) is 7.33. The van der Waals surface area contributed by atoms with Crippen molar-refractivity contribution in [1.29, 1.82) is 0 Å². The van der Waals surface area contributed by atoms with Gasteiger partial charge in [0.15, 0.2) is 0 Å². The lowest BCUT2D eigenvalue weighted by Gasteiger charge is -2.21. The summed E-state index contributed by atoms with van der Waals surface area (Å²) in [7, 11) is 0. The average Bonchev–Trinajstić information content (AvgIpc) is 3.01. The Balaban J connectivity index is 1.29. The van der Waals surface area contributed by atoms with Crippen molar-refractivity contribution in [1.82, 2.24) is 10.6 Å². The zero-order valence-corrected chi connectivity index (χ0v) is 23.5. The molecule has 1 aliphatic carbocycles. The number of hydrogen-bond acceptors (Lipinski definition) is 4. The van der Waals surface area contributed by atoms with Gasteiger partial charge >= 0.3 is 6.03 Å². The quantitative estimate of drug-likeness (QED) is 0.181. The summed E-state index contributed by atoms with van der Waals surface area (Å²) in [4.78, 5) is 38.3. The molecule has 41 heavy (non-hydrogen) atoms. The van der Waals surface area contributed by atoms with Crippen LogP contribution in [-0.4, -0.2) is 30.4 Å². The third-order valence-electron chi connectivity index (χ3n) is 7.48. The molecule has 4 rings (SSSR count). The fraction of sp³-hybridized carbons (Fsp3) is 0.364. The largest absolute Gasteiger partial charge is 0.352 e. The third-order valence-corrected chi connectivity index (χ3v) is 7.48. The molecule has 4 amide bonds. The standard InChI is InChI=1S/C33H41N5O3/c34-22-8-7-13-30(38-33(41)37-29-20-16-26(17-21-29)25-9-3-1-4-10-25)32(40)36-28-18-14-24(15-19-28)23-35-31(39)27-11-5-2-6-12-27/h1,3-4,9-10,14-21,27,30H,2,5-8,11-13,22-23,34H2,(H,35,39)(H,36,40)(H2,37,38,41). The van der Waals surface area contributed by atoms with Crippen LogP contribution in [0.1, 0.15) is 56.9 Å². The molecule has 0 saturated heterocycles. The maximum atomic E-state index is 13.1. The number of unbranched alkanes of at least 4 members (excludes halogenated alkanes) is 1. The summed E-state index contributed by atoms with van der Waals surface area (Å²) >= 11 is 0. The van der Waals surface area contributed by atoms with Gasteiger partial charge in [0.05, 0.1) is 0 Å². The number of rotatable bonds is 12. The molecular formula is C33H41N5O3. The predicted molar refractivity (Wildman–Crippen MR) is 164 cm³/mol. The molecule has 0 radical (unpaired) electrons. The van der Waals surface area contributed by atoms with E-state index >= 15 is 0 Å². The Morgan fingerprint density at radius 1 is 0.756 bits per heavy atom. The number of urea groups is 1. The highest BCUT2D eigenvalue weighted by molar-refractivity contribution is 5.99. The van der Waals surface area contributed by atoms with Gasteiger partial charge in [0.1, 0.15) is 6.04 Å². The van der Waals surface area contributed by atoms with Gasteiger partial charge in [0.25, 0.3) is 0 Å². The van der Waals surface area contributed by atoms with Crippen molar-refractivity contribution in [2.45, 2.75) is 64.0 Å². The Morgan fingerprint density at radius 2 is 1.39 bits per heavy atom. The van der Waals surface area contributed by atoms with Gasteiger partial charge in [-0.1, -0.05) is 73.9 Å². The molecule has 1 unspecified atom stereocenters. The molecule has 0 aromatic heterocycles. The molecule has 8 heteroatoms. The van der Waals surface area contributed by atoms with Crippen LogP contribution < -0.4 is 27.0 Å². The zero-order chi connectivity index (χ0) is 28.9. The molecule has 0 heterocycles. The molecule has 1 atom stereocenters. The van der Waals surface area contributed by atoms with Crippen molar-refractivity contribution in [3.8, 4) is 11.1 Å². The maximum Gasteiger partial charge on any atom is 0.319 e. The Bertz CT molecular complexity index is 1260. The van der Waals surface area contributed by atoms with Crippen molar-refractivity contribution >= 4 is 29.2 Å². The molecule has 216 valence electrons. The number of nitrogens with one attached hydrogen (secondary N) is 4. The summed E-state index contributed by atoms with van der Waals surface area (Å²) in [5.74, 6) is -0.0503. The van der Waals surface area contributed by atoms with E-state index in [4.69, 9.17) is 5.73 Å². The van der Waals surface area contributed by atoms with Crippen LogP contribution in [-0.2, 0) is 16.1 Å². The van der Waals surface area contributed by atoms with E-state index in [1.165, 1.54) is 6.42 Å². The van der Waals surface area contributed by atoms with E-state index < -0.39 is 12.1 Å². The van der Waals surface area contributed by atoms with Crippen LogP contribution in [0.3, 0.4) is 0 Å². The molecule has 3 aromatic rings. The minimum Gasteiger partial charge on any atom is -0.352 e.